The quantitative estimate of drug-likeness (QED) is 0.659. The number of hydrogen-bond donors (Lipinski definition) is 1. The standard InChI is InChI=1S/C19H19NO4S/c21-17-5-3-4-15(14-17)6-11-19(22)16-7-9-18(10-8-16)25(23,24)20-12-1-2-13-20/h3-11,14,21H,1-2,12-13H2/b11-6+. The number of nitrogens with zero attached hydrogens (tertiary/aromatic N) is 1. The summed E-state index contributed by atoms with van der Waals surface area (Å²) in [5, 5.41) is 9.41. The predicted molar refractivity (Wildman–Crippen MR) is 95.9 cm³/mol. The number of phenolic OH excluding ortho intramolecular Hbond substituents is 1. The minimum atomic E-state index is -3.46. The molecule has 1 aliphatic heterocycles. The largest absolute Gasteiger partial charge is 0.508 e. The molecule has 5 nitrogen and oxygen atoms in total. The molecular weight excluding hydrogens is 338 g/mol. The lowest BCUT2D eigenvalue weighted by atomic mass is 10.1. The van der Waals surface area contributed by atoms with E-state index in [2.05, 4.69) is 0 Å². The second-order valence-electron chi connectivity index (χ2n) is 5.93. The van der Waals surface area contributed by atoms with Crippen LogP contribution in [0.15, 0.2) is 59.5 Å². The fraction of sp³-hybridized carbons (Fsp3) is 0.211. The van der Waals surface area contributed by atoms with Gasteiger partial charge in [0.05, 0.1) is 4.90 Å². The summed E-state index contributed by atoms with van der Waals surface area (Å²) < 4.78 is 26.4. The fourth-order valence-electron chi connectivity index (χ4n) is 2.77. The van der Waals surface area contributed by atoms with Gasteiger partial charge in [0.1, 0.15) is 5.75 Å². The van der Waals surface area contributed by atoms with Crippen LogP contribution in [-0.4, -0.2) is 36.7 Å². The van der Waals surface area contributed by atoms with Gasteiger partial charge in [-0.25, -0.2) is 8.42 Å². The summed E-state index contributed by atoms with van der Waals surface area (Å²) in [6.07, 6.45) is 4.78. The van der Waals surface area contributed by atoms with Gasteiger partial charge in [-0.2, -0.15) is 4.31 Å². The van der Waals surface area contributed by atoms with Crippen molar-refractivity contribution in [2.24, 2.45) is 0 Å². The first kappa shape index (κ1) is 17.4. The van der Waals surface area contributed by atoms with Crippen LogP contribution >= 0.6 is 0 Å². The Morgan fingerprint density at radius 2 is 1.72 bits per heavy atom. The molecule has 1 N–H and O–H groups in total. The molecule has 3 rings (SSSR count). The average molecular weight is 357 g/mol. The van der Waals surface area contributed by atoms with Crippen LogP contribution in [0.3, 0.4) is 0 Å². The molecule has 1 saturated heterocycles. The van der Waals surface area contributed by atoms with Crippen molar-refractivity contribution in [3.63, 3.8) is 0 Å². The van der Waals surface area contributed by atoms with Crippen LogP contribution in [0.2, 0.25) is 0 Å². The van der Waals surface area contributed by atoms with E-state index in [1.807, 2.05) is 0 Å². The number of phenols is 1. The van der Waals surface area contributed by atoms with Gasteiger partial charge >= 0.3 is 0 Å². The molecule has 0 radical (unpaired) electrons. The normalized spacial score (nSPS) is 15.7. The summed E-state index contributed by atoms with van der Waals surface area (Å²) in [5.41, 5.74) is 1.12. The zero-order valence-electron chi connectivity index (χ0n) is 13.6. The molecular formula is C19H19NO4S. The molecule has 0 unspecified atom stereocenters. The van der Waals surface area contributed by atoms with Gasteiger partial charge in [0.2, 0.25) is 10.0 Å². The lowest BCUT2D eigenvalue weighted by Gasteiger charge is -2.15. The molecule has 0 atom stereocenters. The Kier molecular flexibility index (Phi) is 5.01. The first-order valence-corrected chi connectivity index (χ1v) is 9.52. The van der Waals surface area contributed by atoms with E-state index >= 15 is 0 Å². The lowest BCUT2D eigenvalue weighted by molar-refractivity contribution is 0.104. The van der Waals surface area contributed by atoms with E-state index < -0.39 is 10.0 Å². The van der Waals surface area contributed by atoms with Crippen LogP contribution < -0.4 is 0 Å². The summed E-state index contributed by atoms with van der Waals surface area (Å²) in [5.74, 6) is -0.0977. The summed E-state index contributed by atoms with van der Waals surface area (Å²) in [6, 6.07) is 12.6. The van der Waals surface area contributed by atoms with E-state index in [1.165, 1.54) is 34.6 Å². The van der Waals surface area contributed by atoms with Gasteiger partial charge in [-0.15, -0.1) is 0 Å². The van der Waals surface area contributed by atoms with Crippen LogP contribution in [0.1, 0.15) is 28.8 Å². The van der Waals surface area contributed by atoms with Crippen molar-refractivity contribution >= 4 is 21.9 Å². The maximum Gasteiger partial charge on any atom is 0.243 e. The van der Waals surface area contributed by atoms with Crippen LogP contribution in [-0.2, 0) is 10.0 Å². The molecule has 2 aromatic carbocycles. The van der Waals surface area contributed by atoms with E-state index in [0.717, 1.165) is 12.8 Å². The van der Waals surface area contributed by atoms with Crippen molar-refractivity contribution in [3.05, 3.63) is 65.7 Å². The molecule has 0 spiro atoms. The molecule has 1 heterocycles. The van der Waals surface area contributed by atoms with E-state index in [9.17, 15) is 18.3 Å². The van der Waals surface area contributed by atoms with E-state index in [-0.39, 0.29) is 16.4 Å². The van der Waals surface area contributed by atoms with Crippen molar-refractivity contribution in [1.29, 1.82) is 0 Å². The lowest BCUT2D eigenvalue weighted by Crippen LogP contribution is -2.27. The Balaban J connectivity index is 1.74. The van der Waals surface area contributed by atoms with Crippen molar-refractivity contribution in [1.82, 2.24) is 4.31 Å². The molecule has 2 aromatic rings. The van der Waals surface area contributed by atoms with Crippen molar-refractivity contribution in [2.75, 3.05) is 13.1 Å². The number of rotatable bonds is 5. The second-order valence-corrected chi connectivity index (χ2v) is 7.87. The van der Waals surface area contributed by atoms with Gasteiger partial charge in [0, 0.05) is 18.7 Å². The minimum Gasteiger partial charge on any atom is -0.508 e. The third kappa shape index (κ3) is 3.97. The van der Waals surface area contributed by atoms with Crippen LogP contribution in [0.25, 0.3) is 6.08 Å². The molecule has 1 aliphatic rings. The summed E-state index contributed by atoms with van der Waals surface area (Å²) in [4.78, 5) is 12.4. The maximum absolute atomic E-state index is 12.5. The Labute approximate surface area is 147 Å². The molecule has 0 amide bonds. The number of allylic oxidation sites excluding steroid dienone is 1. The van der Waals surface area contributed by atoms with Crippen LogP contribution in [0.4, 0.5) is 0 Å². The zero-order chi connectivity index (χ0) is 17.9. The maximum atomic E-state index is 12.5. The third-order valence-electron chi connectivity index (χ3n) is 4.14. The highest BCUT2D eigenvalue weighted by atomic mass is 32.2. The van der Waals surface area contributed by atoms with Gasteiger partial charge in [0.15, 0.2) is 5.78 Å². The van der Waals surface area contributed by atoms with Crippen molar-refractivity contribution < 1.29 is 18.3 Å². The molecule has 0 aliphatic carbocycles. The molecule has 25 heavy (non-hydrogen) atoms. The van der Waals surface area contributed by atoms with Gasteiger partial charge < -0.3 is 5.11 Å². The second kappa shape index (κ2) is 7.21. The van der Waals surface area contributed by atoms with Gasteiger partial charge in [-0.3, -0.25) is 4.79 Å². The Hall–Kier alpha value is -2.44. The van der Waals surface area contributed by atoms with Gasteiger partial charge in [0.25, 0.3) is 0 Å². The fourth-order valence-corrected chi connectivity index (χ4v) is 4.28. The number of ketones is 1. The Morgan fingerprint density at radius 1 is 1.04 bits per heavy atom. The first-order valence-electron chi connectivity index (χ1n) is 8.08. The summed E-state index contributed by atoms with van der Waals surface area (Å²) >= 11 is 0. The summed E-state index contributed by atoms with van der Waals surface area (Å²) in [6.45, 7) is 1.10. The van der Waals surface area contributed by atoms with E-state index in [4.69, 9.17) is 0 Å². The monoisotopic (exact) mass is 357 g/mol. The molecule has 1 fully saturated rings. The van der Waals surface area contributed by atoms with E-state index in [1.54, 1.807) is 30.3 Å². The molecule has 0 bridgehead atoms. The van der Waals surface area contributed by atoms with Gasteiger partial charge in [-0.05, 0) is 60.9 Å². The first-order chi connectivity index (χ1) is 12.0. The highest BCUT2D eigenvalue weighted by molar-refractivity contribution is 7.89. The highest BCUT2D eigenvalue weighted by Gasteiger charge is 2.26. The number of sulfonamides is 1. The van der Waals surface area contributed by atoms with E-state index in [0.29, 0.717) is 24.2 Å². The zero-order valence-corrected chi connectivity index (χ0v) is 14.4. The molecule has 0 saturated carbocycles. The van der Waals surface area contributed by atoms with Crippen LogP contribution in [0, 0.1) is 0 Å². The predicted octanol–water partition coefficient (Wildman–Crippen LogP) is 3.07. The number of benzene rings is 2. The number of carbonyl (C=O) groups excluding carboxylic acids is 1. The van der Waals surface area contributed by atoms with Crippen LogP contribution in [0.5, 0.6) is 5.75 Å². The highest BCUT2D eigenvalue weighted by Crippen LogP contribution is 2.21. The number of aromatic hydroxyl groups is 1. The number of carbonyl (C=O) groups is 1. The molecule has 130 valence electrons. The average Bonchev–Trinajstić information content (AvgIpc) is 3.15. The minimum absolute atomic E-state index is 0.131. The molecule has 6 heteroatoms. The Bertz CT molecular complexity index is 895. The Morgan fingerprint density at radius 3 is 2.36 bits per heavy atom. The SMILES string of the molecule is O=C(/C=C/c1cccc(O)c1)c1ccc(S(=O)(=O)N2CCCC2)cc1. The van der Waals surface area contributed by atoms with Crippen molar-refractivity contribution in [2.45, 2.75) is 17.7 Å². The smallest absolute Gasteiger partial charge is 0.243 e. The summed E-state index contributed by atoms with van der Waals surface area (Å²) in [7, 11) is -3.46. The topological polar surface area (TPSA) is 74.7 Å². The number of hydrogen-bond acceptors (Lipinski definition) is 4. The van der Waals surface area contributed by atoms with Crippen molar-refractivity contribution in [3.8, 4) is 5.75 Å². The molecule has 0 aromatic heterocycles. The third-order valence-corrected chi connectivity index (χ3v) is 6.05. The van der Waals surface area contributed by atoms with Gasteiger partial charge in [-0.1, -0.05) is 18.2 Å².